The zero-order valence-electron chi connectivity index (χ0n) is 7.38. The fourth-order valence-corrected chi connectivity index (χ4v) is 1.19. The van der Waals surface area contributed by atoms with Crippen molar-refractivity contribution in [1.82, 2.24) is 4.98 Å². The minimum absolute atomic E-state index is 0.312. The Morgan fingerprint density at radius 3 is 2.31 bits per heavy atom. The van der Waals surface area contributed by atoms with Gasteiger partial charge < -0.3 is 15.3 Å². The molecule has 1 aromatic heterocycles. The van der Waals surface area contributed by atoms with Gasteiger partial charge in [-0.15, -0.1) is 0 Å². The fourth-order valence-electron chi connectivity index (χ4n) is 1.19. The summed E-state index contributed by atoms with van der Waals surface area (Å²) >= 11 is 0. The summed E-state index contributed by atoms with van der Waals surface area (Å²) in [6.07, 6.45) is 3.09. The van der Waals surface area contributed by atoms with Crippen molar-refractivity contribution in [3.63, 3.8) is 0 Å². The summed E-state index contributed by atoms with van der Waals surface area (Å²) < 4.78 is 0. The van der Waals surface area contributed by atoms with Crippen molar-refractivity contribution in [2.75, 3.05) is 6.61 Å². The molecule has 3 N–H and O–H groups in total. The Morgan fingerprint density at radius 2 is 1.92 bits per heavy atom. The summed E-state index contributed by atoms with van der Waals surface area (Å²) in [5.74, 6) is -2.61. The summed E-state index contributed by atoms with van der Waals surface area (Å²) in [5.41, 5.74) is 0.657. The molecule has 0 aliphatic rings. The number of rotatable bonds is 3. The maximum Gasteiger partial charge on any atom is 0.168 e. The Bertz CT molecular complexity index is 255. The maximum atomic E-state index is 9.31. The molecule has 0 bridgehead atoms. The minimum atomic E-state index is -1.91. The Labute approximate surface area is 76.5 Å². The van der Waals surface area contributed by atoms with Crippen LogP contribution in [0.2, 0.25) is 0 Å². The summed E-state index contributed by atoms with van der Waals surface area (Å²) in [4.78, 5) is 3.80. The first-order valence-electron chi connectivity index (χ1n) is 4.01. The molecule has 0 saturated carbocycles. The Balaban J connectivity index is 2.92. The monoisotopic (exact) mass is 183 g/mol. The number of aromatic nitrogens is 1. The standard InChI is InChI=1S/C9H13NO3/c1-9(12,13)8(6-11)7-2-4-10-5-3-7/h2-5,8,11-13H,6H2,1H3. The normalized spacial score (nSPS) is 14.2. The summed E-state index contributed by atoms with van der Waals surface area (Å²) in [6.45, 7) is 0.932. The highest BCUT2D eigenvalue weighted by Crippen LogP contribution is 2.24. The van der Waals surface area contributed by atoms with Crippen molar-refractivity contribution in [2.45, 2.75) is 18.6 Å². The van der Waals surface area contributed by atoms with E-state index in [0.717, 1.165) is 0 Å². The number of aliphatic hydroxyl groups excluding tert-OH is 1. The fraction of sp³-hybridized carbons (Fsp3) is 0.444. The molecule has 13 heavy (non-hydrogen) atoms. The highest BCUT2D eigenvalue weighted by Gasteiger charge is 2.29. The van der Waals surface area contributed by atoms with Crippen LogP contribution < -0.4 is 0 Å². The van der Waals surface area contributed by atoms with Crippen molar-refractivity contribution >= 4 is 0 Å². The van der Waals surface area contributed by atoms with E-state index < -0.39 is 11.7 Å². The molecule has 0 aromatic carbocycles. The predicted octanol–water partition coefficient (Wildman–Crippen LogP) is -0.142. The second kappa shape index (κ2) is 3.83. The van der Waals surface area contributed by atoms with E-state index in [1.54, 1.807) is 24.5 Å². The smallest absolute Gasteiger partial charge is 0.168 e. The topological polar surface area (TPSA) is 73.6 Å². The number of hydrogen-bond donors (Lipinski definition) is 3. The van der Waals surface area contributed by atoms with E-state index in [1.165, 1.54) is 6.92 Å². The average Bonchev–Trinajstić information content (AvgIpc) is 2.05. The lowest BCUT2D eigenvalue weighted by Gasteiger charge is -2.26. The van der Waals surface area contributed by atoms with E-state index in [4.69, 9.17) is 5.11 Å². The summed E-state index contributed by atoms with van der Waals surface area (Å²) in [6, 6.07) is 3.29. The number of pyridine rings is 1. The predicted molar refractivity (Wildman–Crippen MR) is 46.9 cm³/mol. The second-order valence-corrected chi connectivity index (χ2v) is 3.11. The molecule has 4 nitrogen and oxygen atoms in total. The zero-order valence-corrected chi connectivity index (χ0v) is 7.38. The average molecular weight is 183 g/mol. The Hall–Kier alpha value is -0.970. The van der Waals surface area contributed by atoms with Crippen molar-refractivity contribution in [3.8, 4) is 0 Å². The highest BCUT2D eigenvalue weighted by molar-refractivity contribution is 5.18. The molecule has 4 heteroatoms. The van der Waals surface area contributed by atoms with Crippen molar-refractivity contribution in [2.24, 2.45) is 0 Å². The Kier molecular flexibility index (Phi) is 2.98. The molecule has 0 fully saturated rings. The van der Waals surface area contributed by atoms with Gasteiger partial charge in [0, 0.05) is 12.4 Å². The van der Waals surface area contributed by atoms with Gasteiger partial charge in [-0.1, -0.05) is 0 Å². The molecule has 0 aliphatic carbocycles. The van der Waals surface area contributed by atoms with Crippen molar-refractivity contribution < 1.29 is 15.3 Å². The van der Waals surface area contributed by atoms with Crippen LogP contribution in [-0.4, -0.2) is 32.7 Å². The van der Waals surface area contributed by atoms with Crippen molar-refractivity contribution in [1.29, 1.82) is 0 Å². The van der Waals surface area contributed by atoms with Crippen LogP contribution in [0.4, 0.5) is 0 Å². The molecule has 1 atom stereocenters. The lowest BCUT2D eigenvalue weighted by atomic mass is 9.93. The largest absolute Gasteiger partial charge is 0.396 e. The van der Waals surface area contributed by atoms with E-state index in [9.17, 15) is 10.2 Å². The molecule has 0 spiro atoms. The van der Waals surface area contributed by atoms with E-state index in [0.29, 0.717) is 5.56 Å². The molecule has 0 saturated heterocycles. The SMILES string of the molecule is CC(O)(O)C(CO)c1ccncc1. The van der Waals surface area contributed by atoms with Gasteiger partial charge in [-0.2, -0.15) is 0 Å². The van der Waals surface area contributed by atoms with Crippen LogP contribution in [0.3, 0.4) is 0 Å². The highest BCUT2D eigenvalue weighted by atomic mass is 16.5. The summed E-state index contributed by atoms with van der Waals surface area (Å²) in [7, 11) is 0. The molecule has 1 heterocycles. The third-order valence-electron chi connectivity index (χ3n) is 1.95. The van der Waals surface area contributed by atoms with E-state index in [2.05, 4.69) is 4.98 Å². The molecular formula is C9H13NO3. The van der Waals surface area contributed by atoms with Gasteiger partial charge in [0.15, 0.2) is 5.79 Å². The van der Waals surface area contributed by atoms with Gasteiger partial charge in [-0.3, -0.25) is 4.98 Å². The third kappa shape index (κ3) is 2.48. The second-order valence-electron chi connectivity index (χ2n) is 3.11. The molecule has 0 aliphatic heterocycles. The molecule has 1 unspecified atom stereocenters. The first-order chi connectivity index (χ1) is 6.05. The van der Waals surface area contributed by atoms with Gasteiger partial charge in [-0.25, -0.2) is 0 Å². The lowest BCUT2D eigenvalue weighted by molar-refractivity contribution is -0.170. The quantitative estimate of drug-likeness (QED) is 0.570. The van der Waals surface area contributed by atoms with Crippen molar-refractivity contribution in [3.05, 3.63) is 30.1 Å². The molecular weight excluding hydrogens is 170 g/mol. The molecule has 1 aromatic rings. The van der Waals surface area contributed by atoms with E-state index in [-0.39, 0.29) is 6.61 Å². The van der Waals surface area contributed by atoms with Crippen LogP contribution in [-0.2, 0) is 0 Å². The molecule has 1 rings (SSSR count). The number of nitrogens with zero attached hydrogens (tertiary/aromatic N) is 1. The van der Waals surface area contributed by atoms with Gasteiger partial charge in [0.1, 0.15) is 0 Å². The first kappa shape index (κ1) is 10.1. The van der Waals surface area contributed by atoms with Crippen LogP contribution in [0.5, 0.6) is 0 Å². The van der Waals surface area contributed by atoms with Crippen LogP contribution in [0, 0.1) is 0 Å². The number of hydrogen-bond acceptors (Lipinski definition) is 4. The van der Waals surface area contributed by atoms with Gasteiger partial charge in [-0.05, 0) is 24.6 Å². The van der Waals surface area contributed by atoms with Crippen LogP contribution in [0.15, 0.2) is 24.5 Å². The van der Waals surface area contributed by atoms with Gasteiger partial charge >= 0.3 is 0 Å². The zero-order chi connectivity index (χ0) is 9.90. The van der Waals surface area contributed by atoms with Gasteiger partial charge in [0.05, 0.1) is 12.5 Å². The lowest BCUT2D eigenvalue weighted by Crippen LogP contribution is -2.34. The van der Waals surface area contributed by atoms with Crippen LogP contribution >= 0.6 is 0 Å². The minimum Gasteiger partial charge on any atom is -0.396 e. The van der Waals surface area contributed by atoms with Crippen LogP contribution in [0.25, 0.3) is 0 Å². The van der Waals surface area contributed by atoms with E-state index in [1.807, 2.05) is 0 Å². The number of aliphatic hydroxyl groups is 3. The molecule has 72 valence electrons. The van der Waals surface area contributed by atoms with Gasteiger partial charge in [0.2, 0.25) is 0 Å². The van der Waals surface area contributed by atoms with E-state index >= 15 is 0 Å². The molecule has 0 radical (unpaired) electrons. The summed E-state index contributed by atoms with van der Waals surface area (Å²) in [5, 5.41) is 27.6. The molecule has 0 amide bonds. The first-order valence-corrected chi connectivity index (χ1v) is 4.01. The third-order valence-corrected chi connectivity index (χ3v) is 1.95. The van der Waals surface area contributed by atoms with Crippen LogP contribution in [0.1, 0.15) is 18.4 Å². The maximum absolute atomic E-state index is 9.31. The Morgan fingerprint density at radius 1 is 1.38 bits per heavy atom. The van der Waals surface area contributed by atoms with Gasteiger partial charge in [0.25, 0.3) is 0 Å².